The van der Waals surface area contributed by atoms with Crippen LogP contribution in [0.15, 0.2) is 18.2 Å². The lowest BCUT2D eigenvalue weighted by atomic mass is 10.1. The van der Waals surface area contributed by atoms with Crippen molar-refractivity contribution in [2.45, 2.75) is 19.9 Å². The maximum absolute atomic E-state index is 10.8. The molecule has 4 nitrogen and oxygen atoms in total. The molecule has 0 heterocycles. The van der Waals surface area contributed by atoms with E-state index in [-0.39, 0.29) is 17.7 Å². The highest BCUT2D eigenvalue weighted by molar-refractivity contribution is 5.73. The molecule has 14 heavy (non-hydrogen) atoms. The van der Waals surface area contributed by atoms with Crippen LogP contribution >= 0.6 is 0 Å². The highest BCUT2D eigenvalue weighted by Crippen LogP contribution is 2.24. The Labute approximate surface area is 82.7 Å². The van der Waals surface area contributed by atoms with Crippen molar-refractivity contribution < 1.29 is 9.90 Å². The van der Waals surface area contributed by atoms with Crippen LogP contribution in [0.2, 0.25) is 0 Å². The number of anilines is 1. The lowest BCUT2D eigenvalue weighted by Gasteiger charge is -2.13. The molecule has 1 atom stereocenters. The second-order valence-electron chi connectivity index (χ2n) is 3.24. The number of nitrogen functional groups attached to an aromatic ring is 1. The molecule has 0 unspecified atom stereocenters. The summed E-state index contributed by atoms with van der Waals surface area (Å²) in [6, 6.07) is 4.81. The molecule has 0 saturated carbocycles. The standard InChI is InChI=1S/C10H14N2O2/c1-6(12-7(2)13)8-3-4-9(11)10(14)5-8/h3-6,14H,11H2,1-2H3,(H,12,13)/t6-/m1/s1. The Bertz CT molecular complexity index is 350. The van der Waals surface area contributed by atoms with Crippen molar-refractivity contribution in [3.8, 4) is 5.75 Å². The van der Waals surface area contributed by atoms with E-state index in [1.807, 2.05) is 6.92 Å². The molecule has 1 rings (SSSR count). The molecule has 0 aliphatic carbocycles. The van der Waals surface area contributed by atoms with Gasteiger partial charge < -0.3 is 16.2 Å². The van der Waals surface area contributed by atoms with E-state index in [1.165, 1.54) is 6.92 Å². The van der Waals surface area contributed by atoms with E-state index in [2.05, 4.69) is 5.32 Å². The quantitative estimate of drug-likeness (QED) is 0.488. The van der Waals surface area contributed by atoms with Crippen LogP contribution in [0.25, 0.3) is 0 Å². The fraction of sp³-hybridized carbons (Fsp3) is 0.300. The summed E-state index contributed by atoms with van der Waals surface area (Å²) in [5.74, 6) is -0.0616. The van der Waals surface area contributed by atoms with Gasteiger partial charge in [0.05, 0.1) is 11.7 Å². The number of hydrogen-bond donors (Lipinski definition) is 3. The third-order valence-electron chi connectivity index (χ3n) is 1.97. The average molecular weight is 194 g/mol. The van der Waals surface area contributed by atoms with Crippen LogP contribution in [0.3, 0.4) is 0 Å². The molecular weight excluding hydrogens is 180 g/mol. The zero-order valence-corrected chi connectivity index (χ0v) is 8.24. The smallest absolute Gasteiger partial charge is 0.217 e. The molecule has 0 fully saturated rings. The molecule has 4 N–H and O–H groups in total. The summed E-state index contributed by atoms with van der Waals surface area (Å²) in [6.45, 7) is 3.29. The Balaban J connectivity index is 2.85. The molecule has 0 bridgehead atoms. The minimum atomic E-state index is -0.126. The van der Waals surface area contributed by atoms with Gasteiger partial charge in [0, 0.05) is 6.92 Å². The molecule has 0 saturated heterocycles. The van der Waals surface area contributed by atoms with Crippen LogP contribution in [-0.2, 0) is 4.79 Å². The molecule has 1 aromatic rings. The number of phenols is 1. The van der Waals surface area contributed by atoms with Crippen LogP contribution in [0, 0.1) is 0 Å². The number of amides is 1. The normalized spacial score (nSPS) is 12.1. The number of carbonyl (C=O) groups is 1. The third-order valence-corrected chi connectivity index (χ3v) is 1.97. The topological polar surface area (TPSA) is 75.4 Å². The zero-order valence-electron chi connectivity index (χ0n) is 8.24. The number of phenolic OH excluding ortho intramolecular Hbond substituents is 1. The maximum atomic E-state index is 10.8. The average Bonchev–Trinajstić information content (AvgIpc) is 2.08. The van der Waals surface area contributed by atoms with E-state index in [1.54, 1.807) is 18.2 Å². The molecule has 0 aliphatic rings. The molecule has 76 valence electrons. The lowest BCUT2D eigenvalue weighted by Crippen LogP contribution is -2.23. The highest BCUT2D eigenvalue weighted by Gasteiger charge is 2.07. The summed E-state index contributed by atoms with van der Waals surface area (Å²) in [4.78, 5) is 10.8. The number of benzene rings is 1. The Morgan fingerprint density at radius 1 is 1.57 bits per heavy atom. The van der Waals surface area contributed by atoms with Crippen molar-refractivity contribution in [2.24, 2.45) is 0 Å². The number of carbonyl (C=O) groups excluding carboxylic acids is 1. The van der Waals surface area contributed by atoms with Crippen molar-refractivity contribution in [1.29, 1.82) is 0 Å². The van der Waals surface area contributed by atoms with Gasteiger partial charge in [-0.25, -0.2) is 0 Å². The number of aromatic hydroxyl groups is 1. The summed E-state index contributed by atoms with van der Waals surface area (Å²) >= 11 is 0. The Kier molecular flexibility index (Phi) is 2.96. The van der Waals surface area contributed by atoms with Gasteiger partial charge in [0.1, 0.15) is 5.75 Å². The van der Waals surface area contributed by atoms with Crippen molar-refractivity contribution in [3.63, 3.8) is 0 Å². The van der Waals surface area contributed by atoms with Gasteiger partial charge in [0.2, 0.25) is 5.91 Å². The Hall–Kier alpha value is -1.71. The van der Waals surface area contributed by atoms with Crippen LogP contribution in [0.4, 0.5) is 5.69 Å². The summed E-state index contributed by atoms with van der Waals surface area (Å²) < 4.78 is 0. The van der Waals surface area contributed by atoms with Crippen LogP contribution in [0.1, 0.15) is 25.5 Å². The van der Waals surface area contributed by atoms with Gasteiger partial charge >= 0.3 is 0 Å². The summed E-state index contributed by atoms with van der Waals surface area (Å²) in [6.07, 6.45) is 0. The Morgan fingerprint density at radius 2 is 2.21 bits per heavy atom. The molecular formula is C10H14N2O2. The SMILES string of the molecule is CC(=O)N[C@H](C)c1ccc(N)c(O)c1. The van der Waals surface area contributed by atoms with Crippen molar-refractivity contribution in [2.75, 3.05) is 5.73 Å². The van der Waals surface area contributed by atoms with Gasteiger partial charge in [-0.3, -0.25) is 4.79 Å². The van der Waals surface area contributed by atoms with Crippen LogP contribution < -0.4 is 11.1 Å². The first-order valence-electron chi connectivity index (χ1n) is 4.36. The van der Waals surface area contributed by atoms with Crippen molar-refractivity contribution >= 4 is 11.6 Å². The fourth-order valence-electron chi connectivity index (χ4n) is 1.22. The number of hydrogen-bond acceptors (Lipinski definition) is 3. The summed E-state index contributed by atoms with van der Waals surface area (Å²) in [5, 5.41) is 12.1. The van der Waals surface area contributed by atoms with Crippen molar-refractivity contribution in [3.05, 3.63) is 23.8 Å². The van der Waals surface area contributed by atoms with E-state index in [0.29, 0.717) is 5.69 Å². The molecule has 0 radical (unpaired) electrons. The molecule has 1 amide bonds. The molecule has 1 aromatic carbocycles. The highest BCUT2D eigenvalue weighted by atomic mass is 16.3. The van der Waals surface area contributed by atoms with Gasteiger partial charge in [0.25, 0.3) is 0 Å². The minimum Gasteiger partial charge on any atom is -0.506 e. The first-order chi connectivity index (χ1) is 6.50. The Morgan fingerprint density at radius 3 is 2.71 bits per heavy atom. The van der Waals surface area contributed by atoms with Gasteiger partial charge in [-0.2, -0.15) is 0 Å². The molecule has 0 spiro atoms. The fourth-order valence-corrected chi connectivity index (χ4v) is 1.22. The minimum absolute atomic E-state index is 0.0414. The van der Waals surface area contributed by atoms with E-state index >= 15 is 0 Å². The van der Waals surface area contributed by atoms with E-state index < -0.39 is 0 Å². The largest absolute Gasteiger partial charge is 0.506 e. The maximum Gasteiger partial charge on any atom is 0.217 e. The second kappa shape index (κ2) is 4.00. The van der Waals surface area contributed by atoms with Gasteiger partial charge in [-0.15, -0.1) is 0 Å². The predicted octanol–water partition coefficient (Wildman–Crippen LogP) is 1.17. The van der Waals surface area contributed by atoms with E-state index in [9.17, 15) is 9.90 Å². The third kappa shape index (κ3) is 2.39. The molecule has 0 aliphatic heterocycles. The summed E-state index contributed by atoms with van der Waals surface area (Å²) in [5.41, 5.74) is 6.62. The first kappa shape index (κ1) is 10.4. The second-order valence-corrected chi connectivity index (χ2v) is 3.24. The lowest BCUT2D eigenvalue weighted by molar-refractivity contribution is -0.119. The molecule has 4 heteroatoms. The number of nitrogens with two attached hydrogens (primary N) is 1. The van der Waals surface area contributed by atoms with Crippen molar-refractivity contribution in [1.82, 2.24) is 5.32 Å². The first-order valence-corrected chi connectivity index (χ1v) is 4.36. The summed E-state index contributed by atoms with van der Waals surface area (Å²) in [7, 11) is 0. The van der Waals surface area contributed by atoms with Gasteiger partial charge in [0.15, 0.2) is 0 Å². The van der Waals surface area contributed by atoms with Gasteiger partial charge in [-0.1, -0.05) is 6.07 Å². The van der Waals surface area contributed by atoms with E-state index in [0.717, 1.165) is 5.56 Å². The zero-order chi connectivity index (χ0) is 10.7. The predicted molar refractivity (Wildman–Crippen MR) is 54.8 cm³/mol. The number of nitrogens with one attached hydrogen (secondary N) is 1. The number of rotatable bonds is 2. The van der Waals surface area contributed by atoms with Crippen LogP contribution in [-0.4, -0.2) is 11.0 Å². The van der Waals surface area contributed by atoms with Crippen LogP contribution in [0.5, 0.6) is 5.75 Å². The monoisotopic (exact) mass is 194 g/mol. The molecule has 0 aromatic heterocycles. The van der Waals surface area contributed by atoms with E-state index in [4.69, 9.17) is 5.73 Å². The van der Waals surface area contributed by atoms with Gasteiger partial charge in [-0.05, 0) is 24.6 Å².